The number of thioether (sulfide) groups is 1. The quantitative estimate of drug-likeness (QED) is 0.0734. The number of aliphatic hydroxyl groups is 1. The number of hydrogen-bond acceptors (Lipinski definition) is 9. The predicted molar refractivity (Wildman–Crippen MR) is 215 cm³/mol. The van der Waals surface area contributed by atoms with Crippen LogP contribution in [0.4, 0.5) is 4.79 Å². The third-order valence-electron chi connectivity index (χ3n) is 9.35. The molecule has 0 bridgehead atoms. The summed E-state index contributed by atoms with van der Waals surface area (Å²) in [4.78, 5) is 28.9. The molecule has 1 aromatic heterocycles. The van der Waals surface area contributed by atoms with Crippen LogP contribution < -0.4 is 10.6 Å². The van der Waals surface area contributed by atoms with Crippen molar-refractivity contribution in [3.05, 3.63) is 156 Å². The molecule has 6 aromatic rings. The monoisotopic (exact) mass is 769 g/mol. The second kappa shape index (κ2) is 18.7. The van der Waals surface area contributed by atoms with E-state index in [9.17, 15) is 14.7 Å². The lowest BCUT2D eigenvalue weighted by molar-refractivity contribution is -0.245. The van der Waals surface area contributed by atoms with Gasteiger partial charge in [-0.25, -0.2) is 9.78 Å². The van der Waals surface area contributed by atoms with Gasteiger partial charge in [-0.15, -0.1) is 0 Å². The average Bonchev–Trinajstić information content (AvgIpc) is 3.69. The molecule has 2 amide bonds. The van der Waals surface area contributed by atoms with Gasteiger partial charge in [0.05, 0.1) is 25.4 Å². The Balaban J connectivity index is 1.08. The van der Waals surface area contributed by atoms with Crippen LogP contribution in [0.2, 0.25) is 0 Å². The molecule has 56 heavy (non-hydrogen) atoms. The molecular weight excluding hydrogens is 727 g/mol. The van der Waals surface area contributed by atoms with Crippen LogP contribution in [0.1, 0.15) is 48.0 Å². The van der Waals surface area contributed by atoms with Gasteiger partial charge < -0.3 is 34.4 Å². The smallest absolute Gasteiger partial charge is 0.325 e. The van der Waals surface area contributed by atoms with E-state index in [1.54, 1.807) is 6.92 Å². The molecule has 0 unspecified atom stereocenters. The maximum Gasteiger partial charge on any atom is 0.325 e. The van der Waals surface area contributed by atoms with E-state index < -0.39 is 18.3 Å². The van der Waals surface area contributed by atoms with Crippen LogP contribution in [0.5, 0.6) is 0 Å². The van der Waals surface area contributed by atoms with Gasteiger partial charge in [0.15, 0.2) is 12.1 Å². The summed E-state index contributed by atoms with van der Waals surface area (Å²) in [6.45, 7) is 2.00. The number of carbonyl (C=O) groups excluding carboxylic acids is 2. The summed E-state index contributed by atoms with van der Waals surface area (Å²) in [7, 11) is 0. The minimum atomic E-state index is -0.643. The van der Waals surface area contributed by atoms with Crippen molar-refractivity contribution in [1.82, 2.24) is 15.6 Å². The van der Waals surface area contributed by atoms with E-state index in [4.69, 9.17) is 23.6 Å². The standard InChI is InChI=1S/C45H43N3O7S/c1-2-52-40(50)27-47-44(51)46-26-36-15-9-10-16-38(36)31-21-23-35(24-22-31)43-53-37(25-39(54-43)32-19-17-30(28-49)18-20-32)29-56-45-48-41(33-11-5-3-6-12-33)42(55-45)34-13-7-4-8-14-34/h3-24,37,39,43,49H,2,25-29H2,1H3,(H2,46,47,51)/t37-,39+,43+/m0/s1. The largest absolute Gasteiger partial charge is 0.465 e. The van der Waals surface area contributed by atoms with Gasteiger partial charge in [-0.2, -0.15) is 0 Å². The van der Waals surface area contributed by atoms with Gasteiger partial charge >= 0.3 is 12.0 Å². The van der Waals surface area contributed by atoms with Crippen molar-refractivity contribution in [2.75, 3.05) is 18.9 Å². The zero-order valence-corrected chi connectivity index (χ0v) is 31.7. The first-order chi connectivity index (χ1) is 27.5. The van der Waals surface area contributed by atoms with E-state index in [0.717, 1.165) is 56.0 Å². The molecule has 1 saturated heterocycles. The number of rotatable bonds is 14. The van der Waals surface area contributed by atoms with Gasteiger partial charge in [-0.1, -0.05) is 145 Å². The Labute approximate surface area is 330 Å². The Kier molecular flexibility index (Phi) is 12.9. The molecular formula is C45H43N3O7S. The first kappa shape index (κ1) is 38.6. The van der Waals surface area contributed by atoms with Gasteiger partial charge in [0.2, 0.25) is 0 Å². The lowest BCUT2D eigenvalue weighted by atomic mass is 9.98. The lowest BCUT2D eigenvalue weighted by Gasteiger charge is -2.36. The molecule has 1 fully saturated rings. The highest BCUT2D eigenvalue weighted by Crippen LogP contribution is 2.41. The number of hydrogen-bond donors (Lipinski definition) is 3. The van der Waals surface area contributed by atoms with Crippen LogP contribution in [-0.2, 0) is 32.2 Å². The molecule has 3 N–H and O–H groups in total. The van der Waals surface area contributed by atoms with Crippen molar-refractivity contribution >= 4 is 23.8 Å². The summed E-state index contributed by atoms with van der Waals surface area (Å²) in [6, 6.07) is 43.3. The lowest BCUT2D eigenvalue weighted by Crippen LogP contribution is -2.38. The zero-order chi connectivity index (χ0) is 38.7. The van der Waals surface area contributed by atoms with Gasteiger partial charge in [-0.3, -0.25) is 4.79 Å². The summed E-state index contributed by atoms with van der Waals surface area (Å²) < 4.78 is 24.6. The number of nitrogens with one attached hydrogen (secondary N) is 2. The van der Waals surface area contributed by atoms with Gasteiger partial charge in [0.1, 0.15) is 12.2 Å². The zero-order valence-electron chi connectivity index (χ0n) is 30.9. The van der Waals surface area contributed by atoms with Gasteiger partial charge in [-0.05, 0) is 34.7 Å². The normalized spacial score (nSPS) is 16.6. The summed E-state index contributed by atoms with van der Waals surface area (Å²) in [6.07, 6.45) is -0.478. The number of esters is 1. The number of carbonyl (C=O) groups is 2. The highest BCUT2D eigenvalue weighted by Gasteiger charge is 2.33. The minimum absolute atomic E-state index is 0.0306. The number of aromatic nitrogens is 1. The van der Waals surface area contributed by atoms with Crippen LogP contribution >= 0.6 is 11.8 Å². The molecule has 0 radical (unpaired) electrons. The average molecular weight is 770 g/mol. The Morgan fingerprint density at radius 1 is 0.786 bits per heavy atom. The molecule has 2 heterocycles. The van der Waals surface area contributed by atoms with Crippen molar-refractivity contribution < 1.29 is 33.3 Å². The number of nitrogens with zero attached hydrogens (tertiary/aromatic N) is 1. The fourth-order valence-electron chi connectivity index (χ4n) is 6.50. The van der Waals surface area contributed by atoms with E-state index in [1.165, 1.54) is 11.8 Å². The topological polar surface area (TPSA) is 132 Å². The second-order valence-electron chi connectivity index (χ2n) is 13.2. The SMILES string of the molecule is CCOC(=O)CNC(=O)NCc1ccccc1-c1ccc([C@@H]2O[C@H](CSc3nc(-c4ccccc4)c(-c4ccccc4)o3)C[C@H](c3ccc(CO)cc3)O2)cc1. The van der Waals surface area contributed by atoms with E-state index in [1.807, 2.05) is 133 Å². The molecule has 286 valence electrons. The minimum Gasteiger partial charge on any atom is -0.465 e. The Bertz CT molecular complexity index is 2140. The Hall–Kier alpha value is -5.72. The number of aliphatic hydroxyl groups excluding tert-OH is 1. The Morgan fingerprint density at radius 2 is 1.46 bits per heavy atom. The molecule has 3 atom stereocenters. The number of ether oxygens (including phenoxy) is 3. The molecule has 0 spiro atoms. The number of amides is 2. The molecule has 0 saturated carbocycles. The van der Waals surface area contributed by atoms with E-state index in [0.29, 0.717) is 17.4 Å². The number of urea groups is 1. The van der Waals surface area contributed by atoms with Crippen molar-refractivity contribution in [1.29, 1.82) is 0 Å². The molecule has 0 aliphatic carbocycles. The van der Waals surface area contributed by atoms with Crippen LogP contribution in [0.15, 0.2) is 143 Å². The van der Waals surface area contributed by atoms with E-state index in [-0.39, 0.29) is 38.5 Å². The van der Waals surface area contributed by atoms with Crippen molar-refractivity contribution in [3.8, 4) is 33.7 Å². The molecule has 5 aromatic carbocycles. The maximum atomic E-state index is 12.4. The highest BCUT2D eigenvalue weighted by atomic mass is 32.2. The molecule has 11 heteroatoms. The van der Waals surface area contributed by atoms with Crippen molar-refractivity contribution in [2.24, 2.45) is 0 Å². The molecule has 1 aliphatic rings. The highest BCUT2D eigenvalue weighted by molar-refractivity contribution is 7.99. The van der Waals surface area contributed by atoms with Gasteiger partial charge in [0.25, 0.3) is 5.22 Å². The third-order valence-corrected chi connectivity index (χ3v) is 10.3. The fraction of sp³-hybridized carbons (Fsp3) is 0.222. The Morgan fingerprint density at radius 3 is 2.18 bits per heavy atom. The van der Waals surface area contributed by atoms with Crippen molar-refractivity contribution in [2.45, 2.75) is 50.2 Å². The second-order valence-corrected chi connectivity index (χ2v) is 14.1. The van der Waals surface area contributed by atoms with E-state index >= 15 is 0 Å². The maximum absolute atomic E-state index is 12.4. The van der Waals surface area contributed by atoms with Crippen LogP contribution in [-0.4, -0.2) is 47.1 Å². The van der Waals surface area contributed by atoms with Gasteiger partial charge in [0, 0.05) is 35.4 Å². The van der Waals surface area contributed by atoms with Crippen LogP contribution in [0.25, 0.3) is 33.7 Å². The summed E-state index contributed by atoms with van der Waals surface area (Å²) in [5.41, 5.74) is 8.27. The first-order valence-electron chi connectivity index (χ1n) is 18.6. The number of benzene rings is 5. The van der Waals surface area contributed by atoms with Crippen molar-refractivity contribution in [3.63, 3.8) is 0 Å². The molecule has 10 nitrogen and oxygen atoms in total. The third kappa shape index (κ3) is 9.74. The predicted octanol–water partition coefficient (Wildman–Crippen LogP) is 8.87. The molecule has 1 aliphatic heterocycles. The first-order valence-corrected chi connectivity index (χ1v) is 19.6. The van der Waals surface area contributed by atoms with Crippen LogP contribution in [0, 0.1) is 0 Å². The summed E-state index contributed by atoms with van der Waals surface area (Å²) in [5, 5.41) is 15.6. The summed E-state index contributed by atoms with van der Waals surface area (Å²) >= 11 is 1.52. The summed E-state index contributed by atoms with van der Waals surface area (Å²) in [5.74, 6) is 0.816. The fourth-order valence-corrected chi connectivity index (χ4v) is 7.35. The van der Waals surface area contributed by atoms with Crippen LogP contribution in [0.3, 0.4) is 0 Å². The molecule has 7 rings (SSSR count). The van der Waals surface area contributed by atoms with E-state index in [2.05, 4.69) is 10.6 Å². The number of oxazole rings is 1.